The van der Waals surface area contributed by atoms with Gasteiger partial charge in [0.1, 0.15) is 22.2 Å². The molecule has 0 aliphatic rings. The van der Waals surface area contributed by atoms with Crippen molar-refractivity contribution in [3.05, 3.63) is 77.6 Å². The predicted molar refractivity (Wildman–Crippen MR) is 118 cm³/mol. The molecule has 5 aromatic rings. The maximum Gasteiger partial charge on any atom is 0.434 e. The molecule has 0 aliphatic heterocycles. The van der Waals surface area contributed by atoms with Crippen molar-refractivity contribution < 1.29 is 22.4 Å². The van der Waals surface area contributed by atoms with Gasteiger partial charge in [0, 0.05) is 42.1 Å². The monoisotopic (exact) mass is 486 g/mol. The molecule has 5 rings (SSSR count). The van der Waals surface area contributed by atoms with Crippen LogP contribution in [0, 0.1) is 5.82 Å². The highest BCUT2D eigenvalue weighted by Crippen LogP contribution is 2.34. The Morgan fingerprint density at radius 2 is 1.97 bits per heavy atom. The van der Waals surface area contributed by atoms with Crippen molar-refractivity contribution in [2.45, 2.75) is 6.18 Å². The molecule has 34 heavy (non-hydrogen) atoms. The van der Waals surface area contributed by atoms with Crippen LogP contribution in [0.3, 0.4) is 0 Å². The van der Waals surface area contributed by atoms with Crippen LogP contribution in [0.15, 0.2) is 60.4 Å². The number of amides is 1. The number of aryl methyl sites for hydroxylation is 1. The Kier molecular flexibility index (Phi) is 5.16. The second-order valence-electron chi connectivity index (χ2n) is 7.34. The minimum Gasteiger partial charge on any atom is -0.320 e. The third kappa shape index (κ3) is 4.03. The lowest BCUT2D eigenvalue weighted by atomic mass is 10.2. The van der Waals surface area contributed by atoms with Crippen LogP contribution in [-0.4, -0.2) is 30.1 Å². The molecule has 0 saturated heterocycles. The molecule has 4 aromatic heterocycles. The molecule has 0 fully saturated rings. The van der Waals surface area contributed by atoms with Crippen molar-refractivity contribution in [2.24, 2.45) is 7.05 Å². The van der Waals surface area contributed by atoms with E-state index in [-0.39, 0.29) is 22.1 Å². The number of carbonyl (C=O) groups excluding carboxylic acids is 1. The normalized spacial score (nSPS) is 11.8. The van der Waals surface area contributed by atoms with E-state index in [0.717, 1.165) is 16.7 Å². The molecule has 1 N–H and O–H groups in total. The third-order valence-electron chi connectivity index (χ3n) is 5.02. The molecule has 7 nitrogen and oxygen atoms in total. The molecule has 0 spiro atoms. The van der Waals surface area contributed by atoms with Gasteiger partial charge in [-0.05, 0) is 18.2 Å². The number of nitrogens with zero attached hydrogens (tertiary/aromatic N) is 5. The highest BCUT2D eigenvalue weighted by atomic mass is 32.1. The number of halogens is 4. The lowest BCUT2D eigenvalue weighted by Gasteiger charge is -2.07. The van der Waals surface area contributed by atoms with E-state index in [0.29, 0.717) is 22.6 Å². The van der Waals surface area contributed by atoms with Gasteiger partial charge in [0.2, 0.25) is 0 Å². The zero-order chi connectivity index (χ0) is 24.0. The summed E-state index contributed by atoms with van der Waals surface area (Å²) in [5.41, 5.74) is 1.31. The summed E-state index contributed by atoms with van der Waals surface area (Å²) in [5, 5.41) is 7.67. The number of imidazole rings is 1. The summed E-state index contributed by atoms with van der Waals surface area (Å²) in [6.45, 7) is 0. The Labute approximate surface area is 193 Å². The van der Waals surface area contributed by atoms with Crippen LogP contribution >= 0.6 is 11.3 Å². The van der Waals surface area contributed by atoms with Crippen molar-refractivity contribution >= 4 is 28.6 Å². The molecular weight excluding hydrogens is 472 g/mol. The van der Waals surface area contributed by atoms with Gasteiger partial charge in [-0.1, -0.05) is 12.1 Å². The lowest BCUT2D eigenvalue weighted by Crippen LogP contribution is -2.17. The molecule has 0 bridgehead atoms. The van der Waals surface area contributed by atoms with Crippen molar-refractivity contribution in [2.75, 3.05) is 5.32 Å². The second kappa shape index (κ2) is 8.06. The number of carbonyl (C=O) groups is 1. The Bertz CT molecular complexity index is 1530. The van der Waals surface area contributed by atoms with Crippen molar-refractivity contribution in [1.29, 1.82) is 0 Å². The Balaban J connectivity index is 1.43. The summed E-state index contributed by atoms with van der Waals surface area (Å²) in [5.74, 6) is -0.947. The van der Waals surface area contributed by atoms with Gasteiger partial charge in [-0.15, -0.1) is 11.3 Å². The number of alkyl halides is 3. The fraction of sp³-hybridized carbons (Fsp3) is 0.0909. The molecule has 1 amide bonds. The van der Waals surface area contributed by atoms with E-state index < -0.39 is 17.8 Å². The van der Waals surface area contributed by atoms with Gasteiger partial charge in [0.05, 0.1) is 17.5 Å². The number of fused-ring (bicyclic) bond motifs is 1. The summed E-state index contributed by atoms with van der Waals surface area (Å²) in [4.78, 5) is 21.1. The number of hydrogen-bond acceptors (Lipinski definition) is 5. The van der Waals surface area contributed by atoms with E-state index >= 15 is 0 Å². The van der Waals surface area contributed by atoms with E-state index in [9.17, 15) is 22.4 Å². The van der Waals surface area contributed by atoms with Crippen LogP contribution in [0.5, 0.6) is 0 Å². The number of nitrogens with one attached hydrogen (secondary N) is 1. The number of benzene rings is 1. The number of aromatic nitrogens is 5. The molecule has 0 unspecified atom stereocenters. The van der Waals surface area contributed by atoms with Crippen LogP contribution < -0.4 is 5.32 Å². The van der Waals surface area contributed by atoms with E-state index in [4.69, 9.17) is 0 Å². The van der Waals surface area contributed by atoms with Crippen molar-refractivity contribution in [3.8, 4) is 21.8 Å². The molecule has 0 radical (unpaired) electrons. The molecule has 0 aliphatic carbocycles. The zero-order valence-corrected chi connectivity index (χ0v) is 18.2. The highest BCUT2D eigenvalue weighted by Gasteiger charge is 2.34. The van der Waals surface area contributed by atoms with Crippen LogP contribution in [0.1, 0.15) is 16.2 Å². The molecule has 172 valence electrons. The molecule has 4 heterocycles. The number of thiazole rings is 1. The van der Waals surface area contributed by atoms with E-state index in [1.165, 1.54) is 30.1 Å². The Hall–Kier alpha value is -4.06. The van der Waals surface area contributed by atoms with E-state index in [1.54, 1.807) is 41.1 Å². The van der Waals surface area contributed by atoms with Gasteiger partial charge in [-0.25, -0.2) is 14.4 Å². The van der Waals surface area contributed by atoms with Crippen molar-refractivity contribution in [1.82, 2.24) is 24.1 Å². The quantitative estimate of drug-likeness (QED) is 0.351. The largest absolute Gasteiger partial charge is 0.434 e. The molecule has 12 heteroatoms. The van der Waals surface area contributed by atoms with Gasteiger partial charge in [0.25, 0.3) is 5.91 Å². The Morgan fingerprint density at radius 1 is 1.15 bits per heavy atom. The van der Waals surface area contributed by atoms with Crippen LogP contribution in [0.4, 0.5) is 23.2 Å². The summed E-state index contributed by atoms with van der Waals surface area (Å²) in [6, 6.07) is 9.31. The second-order valence-corrected chi connectivity index (χ2v) is 8.20. The Morgan fingerprint density at radius 3 is 2.71 bits per heavy atom. The first-order valence-electron chi connectivity index (χ1n) is 9.80. The van der Waals surface area contributed by atoms with Crippen LogP contribution in [0.2, 0.25) is 0 Å². The zero-order valence-electron chi connectivity index (χ0n) is 17.3. The SMILES string of the molecule is Cn1ncc(-c2nc(C(F)(F)F)cs2)c1C(=O)Nc1ccn2cc(-c3cccc(F)c3)nc2c1. The number of anilines is 1. The number of rotatable bonds is 4. The first-order valence-corrected chi connectivity index (χ1v) is 10.7. The van der Waals surface area contributed by atoms with E-state index in [1.807, 2.05) is 0 Å². The molecule has 0 saturated carbocycles. The number of pyridine rings is 1. The lowest BCUT2D eigenvalue weighted by molar-refractivity contribution is -0.140. The minimum atomic E-state index is -4.58. The summed E-state index contributed by atoms with van der Waals surface area (Å²) < 4.78 is 55.4. The fourth-order valence-corrected chi connectivity index (χ4v) is 4.26. The maximum absolute atomic E-state index is 13.5. The van der Waals surface area contributed by atoms with Crippen molar-refractivity contribution in [3.63, 3.8) is 0 Å². The smallest absolute Gasteiger partial charge is 0.320 e. The summed E-state index contributed by atoms with van der Waals surface area (Å²) >= 11 is 0.780. The predicted octanol–water partition coefficient (Wildman–Crippen LogP) is 5.27. The first kappa shape index (κ1) is 21.8. The van der Waals surface area contributed by atoms with Gasteiger partial charge in [-0.2, -0.15) is 18.3 Å². The van der Waals surface area contributed by atoms with Gasteiger partial charge >= 0.3 is 6.18 Å². The molecular formula is C22H14F4N6OS. The average Bonchev–Trinajstić information content (AvgIpc) is 3.50. The van der Waals surface area contributed by atoms with E-state index in [2.05, 4.69) is 20.4 Å². The minimum absolute atomic E-state index is 0.0361. The van der Waals surface area contributed by atoms with Gasteiger partial charge < -0.3 is 9.72 Å². The van der Waals surface area contributed by atoms with Gasteiger partial charge in [0.15, 0.2) is 5.69 Å². The average molecular weight is 486 g/mol. The van der Waals surface area contributed by atoms with Crippen LogP contribution in [0.25, 0.3) is 27.5 Å². The third-order valence-corrected chi connectivity index (χ3v) is 5.89. The molecule has 1 aromatic carbocycles. The highest BCUT2D eigenvalue weighted by molar-refractivity contribution is 7.13. The molecule has 0 atom stereocenters. The fourth-order valence-electron chi connectivity index (χ4n) is 3.43. The summed E-state index contributed by atoms with van der Waals surface area (Å²) in [6.07, 6.45) is 0.136. The summed E-state index contributed by atoms with van der Waals surface area (Å²) in [7, 11) is 1.51. The maximum atomic E-state index is 13.5. The standard InChI is InChI=1S/C22H14F4N6OS/c1-31-19(15(9-27-31)21-30-17(11-34-21)22(24,25)26)20(33)28-14-5-6-32-10-16(29-18(32)8-14)12-3-2-4-13(23)7-12/h2-11H,1H3,(H,28,33). The van der Waals surface area contributed by atoms with Gasteiger partial charge in [-0.3, -0.25) is 9.48 Å². The van der Waals surface area contributed by atoms with Crippen LogP contribution in [-0.2, 0) is 13.2 Å². The topological polar surface area (TPSA) is 77.1 Å². The first-order chi connectivity index (χ1) is 16.2. The number of hydrogen-bond donors (Lipinski definition) is 1.